The van der Waals surface area contributed by atoms with Crippen LogP contribution in [-0.2, 0) is 4.79 Å². The van der Waals surface area contributed by atoms with Gasteiger partial charge in [0.05, 0.1) is 16.5 Å². The quantitative estimate of drug-likeness (QED) is 0.209. The maximum atomic E-state index is 12.1. The standard InChI is InChI=1S/C27H17ClO7/c1-12(26(31)32)17-9-19-23(11-21(17)29)35-25-16(7-6-13-8-22(30)20(28)10-18(13)25)24(19)14-4-2-3-5-15(14)27(33)34/h2-12,29H,1H3,(H,31,32)(H,33,34). The molecule has 1 aromatic heterocycles. The molecule has 0 fully saturated rings. The van der Waals surface area contributed by atoms with E-state index < -0.39 is 17.9 Å². The highest BCUT2D eigenvalue weighted by atomic mass is 35.5. The van der Waals surface area contributed by atoms with Crippen molar-refractivity contribution in [2.75, 3.05) is 0 Å². The molecule has 0 spiro atoms. The van der Waals surface area contributed by atoms with Crippen LogP contribution in [0.15, 0.2) is 69.9 Å². The Bertz CT molecular complexity index is 1770. The fourth-order valence-corrected chi connectivity index (χ4v) is 4.55. The van der Waals surface area contributed by atoms with Gasteiger partial charge in [0, 0.05) is 33.4 Å². The number of aromatic hydroxyl groups is 1. The van der Waals surface area contributed by atoms with E-state index in [2.05, 4.69) is 0 Å². The molecule has 1 heterocycles. The van der Waals surface area contributed by atoms with Gasteiger partial charge in [0.15, 0.2) is 5.43 Å². The van der Waals surface area contributed by atoms with Gasteiger partial charge in [-0.15, -0.1) is 0 Å². The van der Waals surface area contributed by atoms with Crippen LogP contribution in [0.4, 0.5) is 0 Å². The van der Waals surface area contributed by atoms with E-state index in [9.17, 15) is 29.7 Å². The lowest BCUT2D eigenvalue weighted by molar-refractivity contribution is -0.138. The fraction of sp³-hybridized carbons (Fsp3) is 0.0741. The number of fused-ring (bicyclic) bond motifs is 4. The van der Waals surface area contributed by atoms with Gasteiger partial charge in [0.1, 0.15) is 16.9 Å². The summed E-state index contributed by atoms with van der Waals surface area (Å²) in [5, 5.41) is 32.1. The van der Waals surface area contributed by atoms with Gasteiger partial charge in [-0.2, -0.15) is 0 Å². The molecule has 8 heteroatoms. The molecule has 0 amide bonds. The summed E-state index contributed by atoms with van der Waals surface area (Å²) in [6.45, 7) is 1.45. The fourth-order valence-electron chi connectivity index (χ4n) is 4.38. The summed E-state index contributed by atoms with van der Waals surface area (Å²) in [4.78, 5) is 35.8. The minimum absolute atomic E-state index is 0.00117. The van der Waals surface area contributed by atoms with Crippen LogP contribution in [0.3, 0.4) is 0 Å². The number of aliphatic carboxylic acids is 1. The lowest BCUT2D eigenvalue weighted by Gasteiger charge is -2.17. The summed E-state index contributed by atoms with van der Waals surface area (Å²) in [5.74, 6) is -3.56. The maximum Gasteiger partial charge on any atom is 0.336 e. The molecule has 0 aliphatic carbocycles. The first-order valence-corrected chi connectivity index (χ1v) is 11.0. The number of carbonyl (C=O) groups is 2. The molecule has 1 atom stereocenters. The first-order chi connectivity index (χ1) is 16.7. The van der Waals surface area contributed by atoms with E-state index in [0.29, 0.717) is 38.3 Å². The Kier molecular flexibility index (Phi) is 5.22. The van der Waals surface area contributed by atoms with E-state index in [1.54, 1.807) is 30.3 Å². The van der Waals surface area contributed by atoms with Crippen LogP contribution in [0.2, 0.25) is 5.02 Å². The molecule has 0 saturated heterocycles. The highest BCUT2D eigenvalue weighted by Gasteiger charge is 2.24. The van der Waals surface area contributed by atoms with Gasteiger partial charge < -0.3 is 19.7 Å². The molecule has 7 nitrogen and oxygen atoms in total. The molecule has 0 bridgehead atoms. The summed E-state index contributed by atoms with van der Waals surface area (Å²) in [6, 6.07) is 15.6. The largest absolute Gasteiger partial charge is 0.508 e. The smallest absolute Gasteiger partial charge is 0.336 e. The molecule has 0 aliphatic rings. The summed E-state index contributed by atoms with van der Waals surface area (Å²) in [6.07, 6.45) is 0. The maximum absolute atomic E-state index is 12.1. The molecular weight excluding hydrogens is 472 g/mol. The average Bonchev–Trinajstić information content (AvgIpc) is 2.82. The molecule has 0 saturated carbocycles. The Labute approximate surface area is 202 Å². The molecular formula is C27H17ClO7. The van der Waals surface area contributed by atoms with Crippen molar-refractivity contribution in [1.29, 1.82) is 0 Å². The SMILES string of the molecule is CC(C(=O)O)c1cc2c(-c3ccccc3C(=O)O)c3ccc4cc(=O)c(Cl)cc4c3oc2cc1O. The summed E-state index contributed by atoms with van der Waals surface area (Å²) in [5.41, 5.74) is 1.27. The van der Waals surface area contributed by atoms with Crippen molar-refractivity contribution in [3.63, 3.8) is 0 Å². The van der Waals surface area contributed by atoms with Crippen LogP contribution in [0.1, 0.15) is 28.8 Å². The third kappa shape index (κ3) is 3.57. The van der Waals surface area contributed by atoms with Crippen LogP contribution in [-0.4, -0.2) is 27.3 Å². The van der Waals surface area contributed by atoms with Crippen molar-refractivity contribution in [3.8, 4) is 16.9 Å². The molecule has 3 N–H and O–H groups in total. The first kappa shape index (κ1) is 22.4. The van der Waals surface area contributed by atoms with Gasteiger partial charge >= 0.3 is 11.9 Å². The van der Waals surface area contributed by atoms with Crippen molar-refractivity contribution in [2.24, 2.45) is 0 Å². The predicted molar refractivity (Wildman–Crippen MR) is 133 cm³/mol. The summed E-state index contributed by atoms with van der Waals surface area (Å²) >= 11 is 6.11. The van der Waals surface area contributed by atoms with E-state index in [1.165, 1.54) is 37.3 Å². The predicted octanol–water partition coefficient (Wildman–Crippen LogP) is 6.01. The molecule has 1 unspecified atom stereocenters. The van der Waals surface area contributed by atoms with Gasteiger partial charge in [-0.3, -0.25) is 9.59 Å². The first-order valence-electron chi connectivity index (χ1n) is 10.6. The lowest BCUT2D eigenvalue weighted by atomic mass is 9.90. The number of carboxylic acids is 2. The molecule has 5 aromatic rings. The number of rotatable bonds is 4. The van der Waals surface area contributed by atoms with Crippen LogP contribution in [0, 0.1) is 0 Å². The van der Waals surface area contributed by atoms with Gasteiger partial charge in [-0.1, -0.05) is 35.9 Å². The number of aromatic carboxylic acids is 1. The normalized spacial score (nSPS) is 12.3. The number of halogens is 1. The van der Waals surface area contributed by atoms with Crippen LogP contribution < -0.4 is 5.43 Å². The zero-order chi connectivity index (χ0) is 25.0. The minimum Gasteiger partial charge on any atom is -0.508 e. The molecule has 174 valence electrons. The second kappa shape index (κ2) is 8.14. The van der Waals surface area contributed by atoms with Gasteiger partial charge in [0.25, 0.3) is 0 Å². The Morgan fingerprint density at radius 1 is 0.943 bits per heavy atom. The zero-order valence-electron chi connectivity index (χ0n) is 18.2. The number of benzene rings is 4. The average molecular weight is 489 g/mol. The molecule has 0 radical (unpaired) electrons. The Morgan fingerprint density at radius 2 is 1.69 bits per heavy atom. The monoisotopic (exact) mass is 488 g/mol. The van der Waals surface area contributed by atoms with E-state index in [0.717, 1.165) is 0 Å². The third-order valence-electron chi connectivity index (χ3n) is 6.17. The Hall–Kier alpha value is -4.36. The zero-order valence-corrected chi connectivity index (χ0v) is 19.0. The van der Waals surface area contributed by atoms with E-state index in [4.69, 9.17) is 16.0 Å². The minimum atomic E-state index is -1.14. The topological polar surface area (TPSA) is 125 Å². The lowest BCUT2D eigenvalue weighted by Crippen LogP contribution is -2.08. The number of phenolic OH excluding ortho intramolecular Hbond substituents is 1. The summed E-state index contributed by atoms with van der Waals surface area (Å²) < 4.78 is 6.18. The number of hydrogen-bond acceptors (Lipinski definition) is 5. The van der Waals surface area contributed by atoms with Crippen molar-refractivity contribution < 1.29 is 29.3 Å². The van der Waals surface area contributed by atoms with Gasteiger partial charge in [0.2, 0.25) is 0 Å². The molecule has 35 heavy (non-hydrogen) atoms. The molecule has 4 aromatic carbocycles. The van der Waals surface area contributed by atoms with E-state index >= 15 is 0 Å². The Balaban J connectivity index is 2.03. The molecule has 5 rings (SSSR count). The van der Waals surface area contributed by atoms with Crippen molar-refractivity contribution in [3.05, 3.63) is 87.0 Å². The van der Waals surface area contributed by atoms with Crippen LogP contribution in [0.25, 0.3) is 43.8 Å². The number of phenols is 1. The number of carboxylic acid groups (broad SMARTS) is 2. The van der Waals surface area contributed by atoms with Crippen molar-refractivity contribution in [1.82, 2.24) is 0 Å². The van der Waals surface area contributed by atoms with Crippen molar-refractivity contribution in [2.45, 2.75) is 12.8 Å². The van der Waals surface area contributed by atoms with E-state index in [-0.39, 0.29) is 32.9 Å². The highest BCUT2D eigenvalue weighted by Crippen LogP contribution is 2.43. The van der Waals surface area contributed by atoms with Crippen LogP contribution >= 0.6 is 11.6 Å². The van der Waals surface area contributed by atoms with E-state index in [1.807, 2.05) is 0 Å². The third-order valence-corrected chi connectivity index (χ3v) is 6.46. The van der Waals surface area contributed by atoms with Crippen LogP contribution in [0.5, 0.6) is 5.75 Å². The Morgan fingerprint density at radius 3 is 2.40 bits per heavy atom. The molecule has 0 aliphatic heterocycles. The second-order valence-electron chi connectivity index (χ2n) is 8.24. The second-order valence-corrected chi connectivity index (χ2v) is 8.65. The van der Waals surface area contributed by atoms with Crippen molar-refractivity contribution >= 4 is 56.3 Å². The highest BCUT2D eigenvalue weighted by molar-refractivity contribution is 6.32. The number of hydrogen-bond donors (Lipinski definition) is 3. The van der Waals surface area contributed by atoms with Gasteiger partial charge in [-0.25, -0.2) is 4.79 Å². The summed E-state index contributed by atoms with van der Waals surface area (Å²) in [7, 11) is 0. The van der Waals surface area contributed by atoms with Gasteiger partial charge in [-0.05, 0) is 48.2 Å².